The number of ether oxygens (including phenoxy) is 1. The summed E-state index contributed by atoms with van der Waals surface area (Å²) in [4.78, 5) is 14.6. The minimum Gasteiger partial charge on any atom is -0.479 e. The molecular formula is C10H13NO3. The highest BCUT2D eigenvalue weighted by Gasteiger charge is 2.27. The van der Waals surface area contributed by atoms with Crippen LogP contribution in [0.1, 0.15) is 19.4 Å². The van der Waals surface area contributed by atoms with Gasteiger partial charge in [-0.2, -0.15) is 0 Å². The lowest BCUT2D eigenvalue weighted by Gasteiger charge is -2.19. The highest BCUT2D eigenvalue weighted by molar-refractivity contribution is 5.76. The lowest BCUT2D eigenvalue weighted by Crippen LogP contribution is -2.34. The van der Waals surface area contributed by atoms with E-state index in [1.165, 1.54) is 13.8 Å². The maximum absolute atomic E-state index is 10.7. The van der Waals surface area contributed by atoms with Gasteiger partial charge in [-0.25, -0.2) is 4.79 Å². The number of aromatic nitrogens is 1. The molecule has 0 saturated heterocycles. The molecule has 0 bridgehead atoms. The van der Waals surface area contributed by atoms with Gasteiger partial charge in [0.1, 0.15) is 0 Å². The summed E-state index contributed by atoms with van der Waals surface area (Å²) in [5.41, 5.74) is -0.294. The first-order chi connectivity index (χ1) is 6.52. The first-order valence-corrected chi connectivity index (χ1v) is 4.28. The molecule has 1 N–H and O–H groups in total. The molecule has 0 aliphatic rings. The molecule has 0 aromatic carbocycles. The Morgan fingerprint density at radius 2 is 2.36 bits per heavy atom. The number of carboxylic acid groups (broad SMARTS) is 1. The minimum absolute atomic E-state index is 0.257. The molecule has 14 heavy (non-hydrogen) atoms. The highest BCUT2D eigenvalue weighted by atomic mass is 16.5. The molecule has 0 spiro atoms. The van der Waals surface area contributed by atoms with Crippen molar-refractivity contribution in [2.45, 2.75) is 26.1 Å². The lowest BCUT2D eigenvalue weighted by molar-refractivity contribution is -0.162. The van der Waals surface area contributed by atoms with Crippen molar-refractivity contribution < 1.29 is 14.6 Å². The van der Waals surface area contributed by atoms with Gasteiger partial charge in [-0.3, -0.25) is 4.98 Å². The largest absolute Gasteiger partial charge is 0.479 e. The normalized spacial score (nSPS) is 11.3. The monoisotopic (exact) mass is 195 g/mol. The Morgan fingerprint density at radius 1 is 1.64 bits per heavy atom. The fourth-order valence-electron chi connectivity index (χ4n) is 0.809. The summed E-state index contributed by atoms with van der Waals surface area (Å²) >= 11 is 0. The molecule has 0 aliphatic heterocycles. The van der Waals surface area contributed by atoms with E-state index in [-0.39, 0.29) is 6.61 Å². The van der Waals surface area contributed by atoms with Crippen molar-refractivity contribution >= 4 is 5.97 Å². The number of carboxylic acids is 1. The van der Waals surface area contributed by atoms with E-state index in [0.29, 0.717) is 0 Å². The van der Waals surface area contributed by atoms with Crippen molar-refractivity contribution in [1.29, 1.82) is 0 Å². The molecular weight excluding hydrogens is 182 g/mol. The molecule has 0 unspecified atom stereocenters. The predicted molar refractivity (Wildman–Crippen MR) is 50.7 cm³/mol. The molecule has 0 amide bonds. The van der Waals surface area contributed by atoms with Crippen molar-refractivity contribution in [3.63, 3.8) is 0 Å². The van der Waals surface area contributed by atoms with E-state index in [1.54, 1.807) is 18.5 Å². The Labute approximate surface area is 82.5 Å². The number of carbonyl (C=O) groups is 1. The average Bonchev–Trinajstić information content (AvgIpc) is 2.16. The third-order valence-electron chi connectivity index (χ3n) is 1.84. The van der Waals surface area contributed by atoms with Gasteiger partial charge < -0.3 is 9.84 Å². The average molecular weight is 195 g/mol. The van der Waals surface area contributed by atoms with Crippen molar-refractivity contribution in [2.24, 2.45) is 0 Å². The van der Waals surface area contributed by atoms with Crippen LogP contribution in [0.2, 0.25) is 0 Å². The second-order valence-electron chi connectivity index (χ2n) is 3.47. The van der Waals surface area contributed by atoms with Crippen LogP contribution in [0.4, 0.5) is 0 Å². The van der Waals surface area contributed by atoms with Gasteiger partial charge >= 0.3 is 5.97 Å². The van der Waals surface area contributed by atoms with Crippen molar-refractivity contribution in [3.05, 3.63) is 30.1 Å². The highest BCUT2D eigenvalue weighted by Crippen LogP contribution is 2.12. The van der Waals surface area contributed by atoms with E-state index in [2.05, 4.69) is 4.98 Å². The van der Waals surface area contributed by atoms with E-state index in [1.807, 2.05) is 6.07 Å². The van der Waals surface area contributed by atoms with E-state index >= 15 is 0 Å². The molecule has 1 aromatic rings. The summed E-state index contributed by atoms with van der Waals surface area (Å²) in [5, 5.41) is 8.78. The first kappa shape index (κ1) is 10.7. The van der Waals surface area contributed by atoms with E-state index in [9.17, 15) is 4.79 Å². The van der Waals surface area contributed by atoms with Crippen LogP contribution in [0.5, 0.6) is 0 Å². The molecule has 0 aliphatic carbocycles. The molecule has 1 rings (SSSR count). The Kier molecular flexibility index (Phi) is 3.19. The number of pyridine rings is 1. The molecule has 1 aromatic heterocycles. The Balaban J connectivity index is 2.53. The third kappa shape index (κ3) is 2.81. The topological polar surface area (TPSA) is 59.4 Å². The Hall–Kier alpha value is -1.42. The number of hydrogen-bond acceptors (Lipinski definition) is 3. The zero-order valence-electron chi connectivity index (χ0n) is 8.23. The Morgan fingerprint density at radius 3 is 2.86 bits per heavy atom. The number of nitrogens with zero attached hydrogens (tertiary/aromatic N) is 1. The van der Waals surface area contributed by atoms with Gasteiger partial charge in [0, 0.05) is 12.4 Å². The standard InChI is InChI=1S/C10H13NO3/c1-10(2,9(12)13)14-7-8-4-3-5-11-6-8/h3-6H,7H2,1-2H3,(H,12,13). The SMILES string of the molecule is CC(C)(OCc1cccnc1)C(=O)O. The zero-order chi connectivity index (χ0) is 10.6. The molecule has 0 atom stereocenters. The minimum atomic E-state index is -1.16. The number of hydrogen-bond donors (Lipinski definition) is 1. The summed E-state index contributed by atoms with van der Waals surface area (Å²) in [7, 11) is 0. The summed E-state index contributed by atoms with van der Waals surface area (Å²) < 4.78 is 5.24. The van der Waals surface area contributed by atoms with Gasteiger partial charge in [0.05, 0.1) is 6.61 Å². The number of rotatable bonds is 4. The summed E-state index contributed by atoms with van der Waals surface area (Å²) in [5.74, 6) is -0.971. The van der Waals surface area contributed by atoms with E-state index in [0.717, 1.165) is 5.56 Å². The lowest BCUT2D eigenvalue weighted by atomic mass is 10.1. The first-order valence-electron chi connectivity index (χ1n) is 4.28. The maximum atomic E-state index is 10.7. The Bertz CT molecular complexity index is 308. The van der Waals surface area contributed by atoms with Gasteiger partial charge in [-0.15, -0.1) is 0 Å². The molecule has 0 fully saturated rings. The van der Waals surface area contributed by atoms with Crippen molar-refractivity contribution in [3.8, 4) is 0 Å². The van der Waals surface area contributed by atoms with Gasteiger partial charge in [-0.1, -0.05) is 6.07 Å². The van der Waals surface area contributed by atoms with Crippen LogP contribution in [0.15, 0.2) is 24.5 Å². The van der Waals surface area contributed by atoms with Crippen molar-refractivity contribution in [2.75, 3.05) is 0 Å². The van der Waals surface area contributed by atoms with E-state index < -0.39 is 11.6 Å². The quantitative estimate of drug-likeness (QED) is 0.790. The summed E-state index contributed by atoms with van der Waals surface area (Å²) in [6, 6.07) is 3.62. The third-order valence-corrected chi connectivity index (χ3v) is 1.84. The van der Waals surface area contributed by atoms with Gasteiger partial charge in [0.25, 0.3) is 0 Å². The zero-order valence-corrected chi connectivity index (χ0v) is 8.23. The maximum Gasteiger partial charge on any atom is 0.335 e. The fraction of sp³-hybridized carbons (Fsp3) is 0.400. The molecule has 0 radical (unpaired) electrons. The van der Waals surface area contributed by atoms with Gasteiger partial charge in [0.2, 0.25) is 0 Å². The van der Waals surface area contributed by atoms with Crippen LogP contribution in [0.3, 0.4) is 0 Å². The van der Waals surface area contributed by atoms with E-state index in [4.69, 9.17) is 9.84 Å². The molecule has 76 valence electrons. The van der Waals surface area contributed by atoms with Crippen LogP contribution >= 0.6 is 0 Å². The summed E-state index contributed by atoms with van der Waals surface area (Å²) in [6.45, 7) is 3.30. The van der Waals surface area contributed by atoms with Crippen LogP contribution < -0.4 is 0 Å². The van der Waals surface area contributed by atoms with Crippen LogP contribution in [-0.4, -0.2) is 21.7 Å². The van der Waals surface area contributed by atoms with Gasteiger partial charge in [0.15, 0.2) is 5.60 Å². The van der Waals surface area contributed by atoms with Crippen LogP contribution in [-0.2, 0) is 16.1 Å². The van der Waals surface area contributed by atoms with Crippen LogP contribution in [0, 0.1) is 0 Å². The molecule has 4 heteroatoms. The van der Waals surface area contributed by atoms with Gasteiger partial charge in [-0.05, 0) is 25.5 Å². The summed E-state index contributed by atoms with van der Waals surface area (Å²) in [6.07, 6.45) is 3.31. The van der Waals surface area contributed by atoms with Crippen LogP contribution in [0.25, 0.3) is 0 Å². The second kappa shape index (κ2) is 4.19. The molecule has 0 saturated carbocycles. The predicted octanol–water partition coefficient (Wildman–Crippen LogP) is 1.46. The fourth-order valence-corrected chi connectivity index (χ4v) is 0.809. The molecule has 1 heterocycles. The second-order valence-corrected chi connectivity index (χ2v) is 3.47. The molecule has 4 nitrogen and oxygen atoms in total. The number of aliphatic carboxylic acids is 1. The smallest absolute Gasteiger partial charge is 0.335 e. The van der Waals surface area contributed by atoms with Crippen molar-refractivity contribution in [1.82, 2.24) is 4.98 Å².